The zero-order valence-corrected chi connectivity index (χ0v) is 17.5. The van der Waals surface area contributed by atoms with Gasteiger partial charge in [-0.1, -0.05) is 43.1 Å². The molecule has 0 aliphatic carbocycles. The molecule has 7 nitrogen and oxygen atoms in total. The molecule has 29 heavy (non-hydrogen) atoms. The van der Waals surface area contributed by atoms with Crippen LogP contribution < -0.4 is 0 Å². The Bertz CT molecular complexity index is 938. The molecule has 1 aromatic carbocycles. The number of nitrogens with zero attached hydrogens (tertiary/aromatic N) is 3. The molecule has 1 aliphatic heterocycles. The quantitative estimate of drug-likeness (QED) is 0.634. The molecular weight excluding hydrogens is 394 g/mol. The van der Waals surface area contributed by atoms with Gasteiger partial charge in [0.2, 0.25) is 0 Å². The van der Waals surface area contributed by atoms with Crippen LogP contribution in [0.3, 0.4) is 0 Å². The number of aliphatic imine (C=N–C) groups is 1. The summed E-state index contributed by atoms with van der Waals surface area (Å²) >= 11 is 6.50. The smallest absolute Gasteiger partial charge is 0.436 e. The first-order valence-corrected chi connectivity index (χ1v) is 10.1. The predicted octanol–water partition coefficient (Wildman–Crippen LogP) is 4.74. The highest BCUT2D eigenvalue weighted by Gasteiger charge is 2.42. The predicted molar refractivity (Wildman–Crippen MR) is 110 cm³/mol. The number of rotatable bonds is 6. The average molecular weight is 418 g/mol. The Morgan fingerprint density at radius 3 is 2.48 bits per heavy atom. The standard InChI is InChI=1S/C21H24ClN3O4/c1-4-9-16-18(20(26)28-5-2)17(13-10-7-8-11-15(13)22)14-12-23-25(19(14)24-16)21(27)29-6-3/h7-8,10-12,17-18H,4-6,9H2,1-3H3. The Kier molecular flexibility index (Phi) is 6.69. The first-order chi connectivity index (χ1) is 14.0. The fourth-order valence-electron chi connectivity index (χ4n) is 3.63. The van der Waals surface area contributed by atoms with Crippen LogP contribution in [0.1, 0.15) is 50.7 Å². The van der Waals surface area contributed by atoms with Crippen molar-refractivity contribution in [3.05, 3.63) is 46.6 Å². The fraction of sp³-hybridized carbons (Fsp3) is 0.429. The van der Waals surface area contributed by atoms with Gasteiger partial charge in [-0.2, -0.15) is 5.10 Å². The largest absolute Gasteiger partial charge is 0.465 e. The number of halogens is 1. The van der Waals surface area contributed by atoms with Crippen LogP contribution in [-0.2, 0) is 14.3 Å². The molecule has 0 amide bonds. The molecule has 0 fully saturated rings. The van der Waals surface area contributed by atoms with E-state index in [-0.39, 0.29) is 19.2 Å². The molecule has 0 saturated heterocycles. The maximum Gasteiger partial charge on any atom is 0.436 e. The van der Waals surface area contributed by atoms with E-state index in [1.807, 2.05) is 25.1 Å². The second kappa shape index (κ2) is 9.22. The molecule has 2 aromatic rings. The molecule has 3 rings (SSSR count). The molecule has 0 radical (unpaired) electrons. The van der Waals surface area contributed by atoms with Crippen LogP contribution in [0.15, 0.2) is 35.5 Å². The van der Waals surface area contributed by atoms with Gasteiger partial charge in [-0.05, 0) is 31.9 Å². The lowest BCUT2D eigenvalue weighted by Gasteiger charge is -2.31. The number of fused-ring (bicyclic) bond motifs is 1. The summed E-state index contributed by atoms with van der Waals surface area (Å²) in [4.78, 5) is 30.0. The Balaban J connectivity index is 2.22. The lowest BCUT2D eigenvalue weighted by atomic mass is 9.76. The maximum absolute atomic E-state index is 13.0. The summed E-state index contributed by atoms with van der Waals surface area (Å²) in [6.45, 7) is 5.99. The Morgan fingerprint density at radius 2 is 1.83 bits per heavy atom. The summed E-state index contributed by atoms with van der Waals surface area (Å²) in [7, 11) is 0. The van der Waals surface area contributed by atoms with E-state index in [0.717, 1.165) is 16.7 Å². The van der Waals surface area contributed by atoms with E-state index >= 15 is 0 Å². The van der Waals surface area contributed by atoms with E-state index in [4.69, 9.17) is 21.1 Å². The first-order valence-electron chi connectivity index (χ1n) is 9.76. The third-order valence-corrected chi connectivity index (χ3v) is 5.12. The van der Waals surface area contributed by atoms with Crippen molar-refractivity contribution in [2.75, 3.05) is 13.2 Å². The van der Waals surface area contributed by atoms with Crippen molar-refractivity contribution in [1.82, 2.24) is 9.78 Å². The molecule has 0 N–H and O–H groups in total. The number of ether oxygens (including phenoxy) is 2. The monoisotopic (exact) mass is 417 g/mol. The van der Waals surface area contributed by atoms with Crippen LogP contribution in [-0.4, -0.2) is 40.8 Å². The number of hydrogen-bond donors (Lipinski definition) is 0. The molecule has 1 aliphatic rings. The number of carbonyl (C=O) groups excluding carboxylic acids is 2. The highest BCUT2D eigenvalue weighted by atomic mass is 35.5. The van der Waals surface area contributed by atoms with Gasteiger partial charge in [-0.15, -0.1) is 4.68 Å². The van der Waals surface area contributed by atoms with Crippen LogP contribution in [0, 0.1) is 5.92 Å². The maximum atomic E-state index is 13.0. The molecule has 2 heterocycles. The van der Waals surface area contributed by atoms with E-state index in [9.17, 15) is 9.59 Å². The summed E-state index contributed by atoms with van der Waals surface area (Å²) in [5.41, 5.74) is 2.05. The normalized spacial score (nSPS) is 18.0. The molecule has 0 saturated carbocycles. The lowest BCUT2D eigenvalue weighted by molar-refractivity contribution is -0.146. The summed E-state index contributed by atoms with van der Waals surface area (Å²) in [5.74, 6) is -1.08. The summed E-state index contributed by atoms with van der Waals surface area (Å²) in [5, 5.41) is 4.72. The zero-order valence-electron chi connectivity index (χ0n) is 16.7. The topological polar surface area (TPSA) is 82.8 Å². The van der Waals surface area contributed by atoms with E-state index in [1.165, 1.54) is 0 Å². The fourth-order valence-corrected chi connectivity index (χ4v) is 3.88. The number of benzene rings is 1. The van der Waals surface area contributed by atoms with Gasteiger partial charge < -0.3 is 9.47 Å². The number of hydrogen-bond acceptors (Lipinski definition) is 6. The highest BCUT2D eigenvalue weighted by molar-refractivity contribution is 6.31. The van der Waals surface area contributed by atoms with Gasteiger partial charge in [0.25, 0.3) is 0 Å². The van der Waals surface area contributed by atoms with E-state index < -0.39 is 17.9 Å². The van der Waals surface area contributed by atoms with Crippen molar-refractivity contribution in [3.63, 3.8) is 0 Å². The van der Waals surface area contributed by atoms with Crippen LogP contribution in [0.2, 0.25) is 5.02 Å². The van der Waals surface area contributed by atoms with Gasteiger partial charge >= 0.3 is 12.1 Å². The van der Waals surface area contributed by atoms with Crippen LogP contribution >= 0.6 is 11.6 Å². The van der Waals surface area contributed by atoms with E-state index in [0.29, 0.717) is 28.5 Å². The first kappa shape index (κ1) is 21.0. The minimum Gasteiger partial charge on any atom is -0.465 e. The van der Waals surface area contributed by atoms with Crippen molar-refractivity contribution in [2.45, 2.75) is 39.5 Å². The molecule has 2 atom stereocenters. The van der Waals surface area contributed by atoms with Gasteiger partial charge in [0, 0.05) is 22.2 Å². The van der Waals surface area contributed by atoms with Gasteiger partial charge in [-0.3, -0.25) is 4.79 Å². The number of aromatic nitrogens is 2. The SMILES string of the molecule is CCCC1=Nc2c(cnn2C(=O)OCC)C(c2ccccc2Cl)C1C(=O)OCC. The molecule has 1 aromatic heterocycles. The average Bonchev–Trinajstić information content (AvgIpc) is 3.12. The van der Waals surface area contributed by atoms with E-state index in [2.05, 4.69) is 10.1 Å². The van der Waals surface area contributed by atoms with Crippen LogP contribution in [0.25, 0.3) is 0 Å². The Labute approximate surface area is 174 Å². The highest BCUT2D eigenvalue weighted by Crippen LogP contribution is 2.45. The van der Waals surface area contributed by atoms with Gasteiger partial charge in [0.15, 0.2) is 5.82 Å². The minimum absolute atomic E-state index is 0.221. The third-order valence-electron chi connectivity index (χ3n) is 4.78. The molecule has 8 heteroatoms. The zero-order chi connectivity index (χ0) is 21.0. The molecule has 0 spiro atoms. The summed E-state index contributed by atoms with van der Waals surface area (Å²) in [6.07, 6.45) is 2.31. The lowest BCUT2D eigenvalue weighted by Crippen LogP contribution is -2.35. The van der Waals surface area contributed by atoms with Crippen LogP contribution in [0.5, 0.6) is 0 Å². The van der Waals surface area contributed by atoms with Crippen molar-refractivity contribution < 1.29 is 19.1 Å². The molecule has 2 unspecified atom stereocenters. The van der Waals surface area contributed by atoms with E-state index in [1.54, 1.807) is 26.1 Å². The van der Waals surface area contributed by atoms with Gasteiger partial charge in [0.05, 0.1) is 19.4 Å². The van der Waals surface area contributed by atoms with Crippen LogP contribution in [0.4, 0.5) is 10.6 Å². The van der Waals surface area contributed by atoms with Crippen molar-refractivity contribution in [1.29, 1.82) is 0 Å². The Hall–Kier alpha value is -2.67. The second-order valence-electron chi connectivity index (χ2n) is 6.62. The molecule has 154 valence electrons. The van der Waals surface area contributed by atoms with Gasteiger partial charge in [0.1, 0.15) is 5.92 Å². The second-order valence-corrected chi connectivity index (χ2v) is 7.02. The minimum atomic E-state index is -0.637. The molecular formula is C21H24ClN3O4. The van der Waals surface area contributed by atoms with Crippen molar-refractivity contribution in [3.8, 4) is 0 Å². The third kappa shape index (κ3) is 4.05. The van der Waals surface area contributed by atoms with Crippen molar-refractivity contribution >= 4 is 35.2 Å². The Morgan fingerprint density at radius 1 is 1.10 bits per heavy atom. The molecule has 0 bridgehead atoms. The van der Waals surface area contributed by atoms with Gasteiger partial charge in [-0.25, -0.2) is 9.79 Å². The number of carbonyl (C=O) groups is 2. The summed E-state index contributed by atoms with van der Waals surface area (Å²) < 4.78 is 11.6. The summed E-state index contributed by atoms with van der Waals surface area (Å²) in [6, 6.07) is 7.35. The number of esters is 1. The van der Waals surface area contributed by atoms with Crippen molar-refractivity contribution in [2.24, 2.45) is 10.9 Å².